The van der Waals surface area contributed by atoms with Crippen molar-refractivity contribution >= 4 is 34.7 Å². The summed E-state index contributed by atoms with van der Waals surface area (Å²) < 4.78 is 7.54. The number of amides is 1. The lowest BCUT2D eigenvalue weighted by molar-refractivity contribution is 0.0139. The number of aromatic nitrogens is 3. The van der Waals surface area contributed by atoms with E-state index in [-0.39, 0.29) is 12.0 Å². The predicted molar refractivity (Wildman–Crippen MR) is 130 cm³/mol. The van der Waals surface area contributed by atoms with E-state index < -0.39 is 5.60 Å². The minimum absolute atomic E-state index is 0.178. The predicted octanol–water partition coefficient (Wildman–Crippen LogP) is 4.08. The van der Waals surface area contributed by atoms with Gasteiger partial charge in [0, 0.05) is 45.5 Å². The number of carbonyl (C=O) groups is 1. The number of nitrogen functional groups attached to an aromatic ring is 1. The topological polar surface area (TPSA) is 89.5 Å². The summed E-state index contributed by atoms with van der Waals surface area (Å²) >= 11 is 6.32. The maximum Gasteiger partial charge on any atom is 0.410 e. The summed E-state index contributed by atoms with van der Waals surface area (Å²) in [7, 11) is 0. The van der Waals surface area contributed by atoms with E-state index in [1.165, 1.54) is 16.7 Å². The molecule has 2 aromatic heterocycles. The summed E-state index contributed by atoms with van der Waals surface area (Å²) in [6.45, 7) is 12.4. The molecule has 1 aliphatic heterocycles. The van der Waals surface area contributed by atoms with Gasteiger partial charge in [-0.2, -0.15) is 4.98 Å². The second-order valence-corrected chi connectivity index (χ2v) is 9.91. The van der Waals surface area contributed by atoms with Gasteiger partial charge >= 0.3 is 6.09 Å². The van der Waals surface area contributed by atoms with E-state index in [0.717, 1.165) is 30.7 Å². The Morgan fingerprint density at radius 1 is 1.12 bits per heavy atom. The Balaban J connectivity index is 1.38. The molecule has 0 unspecified atom stereocenters. The zero-order chi connectivity index (χ0) is 23.8. The maximum atomic E-state index is 12.3. The molecule has 33 heavy (non-hydrogen) atoms. The van der Waals surface area contributed by atoms with Crippen LogP contribution in [-0.2, 0) is 17.8 Å². The Hall–Kier alpha value is -2.84. The molecule has 0 radical (unpaired) electrons. The highest BCUT2D eigenvalue weighted by Gasteiger charge is 2.25. The maximum absolute atomic E-state index is 12.3. The van der Waals surface area contributed by atoms with Crippen molar-refractivity contribution in [2.24, 2.45) is 0 Å². The highest BCUT2D eigenvalue weighted by Crippen LogP contribution is 2.24. The fourth-order valence-corrected chi connectivity index (χ4v) is 4.39. The van der Waals surface area contributed by atoms with E-state index in [0.29, 0.717) is 24.8 Å². The monoisotopic (exact) mass is 470 g/mol. The van der Waals surface area contributed by atoms with Gasteiger partial charge in [-0.3, -0.25) is 4.90 Å². The molecular weight excluding hydrogens is 440 g/mol. The molecule has 1 fully saturated rings. The average molecular weight is 471 g/mol. The van der Waals surface area contributed by atoms with Gasteiger partial charge in [-0.15, -0.1) is 0 Å². The molecule has 0 atom stereocenters. The summed E-state index contributed by atoms with van der Waals surface area (Å²) in [5.74, 6) is 0.178. The van der Waals surface area contributed by atoms with Gasteiger partial charge in [-0.05, 0) is 50.5 Å². The van der Waals surface area contributed by atoms with E-state index in [9.17, 15) is 4.79 Å². The number of fused-ring (bicyclic) bond motifs is 1. The molecule has 3 heterocycles. The van der Waals surface area contributed by atoms with Crippen molar-refractivity contribution in [3.63, 3.8) is 0 Å². The molecule has 8 nitrogen and oxygen atoms in total. The first-order chi connectivity index (χ1) is 15.6. The number of rotatable bonds is 4. The number of anilines is 1. The third kappa shape index (κ3) is 5.57. The first-order valence-corrected chi connectivity index (χ1v) is 11.5. The molecular formula is C24H31ClN6O2. The minimum Gasteiger partial charge on any atom is -0.444 e. The lowest BCUT2D eigenvalue weighted by atomic mass is 10.0. The largest absolute Gasteiger partial charge is 0.444 e. The van der Waals surface area contributed by atoms with Crippen molar-refractivity contribution in [3.8, 4) is 0 Å². The standard InChI is InChI=1S/C24H31ClN6O2/c1-16-13-17(14-29-9-11-30(12-10-29)23(32)33-24(2,3)4)5-6-18(16)15-31-8-7-19-20(31)21(25)28-22(26)27-19/h5-8,13H,9-12,14-15H2,1-4H3,(H2,26,27,28). The Morgan fingerprint density at radius 2 is 1.85 bits per heavy atom. The summed E-state index contributed by atoms with van der Waals surface area (Å²) in [4.78, 5) is 24.8. The quantitative estimate of drug-likeness (QED) is 0.578. The minimum atomic E-state index is -0.466. The second kappa shape index (κ2) is 9.19. The average Bonchev–Trinajstić information content (AvgIpc) is 3.12. The van der Waals surface area contributed by atoms with Crippen LogP contribution >= 0.6 is 11.6 Å². The number of ether oxygens (including phenoxy) is 1. The van der Waals surface area contributed by atoms with Gasteiger partial charge < -0.3 is 19.9 Å². The Morgan fingerprint density at radius 3 is 2.52 bits per heavy atom. The number of piperazine rings is 1. The van der Waals surface area contributed by atoms with E-state index in [1.54, 1.807) is 4.90 Å². The molecule has 4 rings (SSSR count). The third-order valence-corrected chi connectivity index (χ3v) is 6.03. The number of carbonyl (C=O) groups excluding carboxylic acids is 1. The van der Waals surface area contributed by atoms with Gasteiger partial charge in [-0.25, -0.2) is 9.78 Å². The highest BCUT2D eigenvalue weighted by atomic mass is 35.5. The first-order valence-electron chi connectivity index (χ1n) is 11.2. The summed E-state index contributed by atoms with van der Waals surface area (Å²) in [6, 6.07) is 8.47. The van der Waals surface area contributed by atoms with Crippen molar-refractivity contribution in [2.45, 2.75) is 46.4 Å². The molecule has 1 saturated heterocycles. The van der Waals surface area contributed by atoms with Crippen LogP contribution in [0.3, 0.4) is 0 Å². The van der Waals surface area contributed by atoms with Crippen LogP contribution in [0.25, 0.3) is 11.0 Å². The Kier molecular flexibility index (Phi) is 6.50. The Labute approximate surface area is 199 Å². The van der Waals surface area contributed by atoms with E-state index >= 15 is 0 Å². The molecule has 0 spiro atoms. The van der Waals surface area contributed by atoms with Gasteiger partial charge in [0.15, 0.2) is 5.15 Å². The zero-order valence-electron chi connectivity index (χ0n) is 19.6. The van der Waals surface area contributed by atoms with E-state index in [2.05, 4.69) is 44.6 Å². The van der Waals surface area contributed by atoms with Gasteiger partial charge in [-0.1, -0.05) is 29.8 Å². The molecule has 176 valence electrons. The SMILES string of the molecule is Cc1cc(CN2CCN(C(=O)OC(C)(C)C)CC2)ccc1Cn1ccc2nc(N)nc(Cl)c21. The number of benzene rings is 1. The van der Waals surface area contributed by atoms with Crippen molar-refractivity contribution in [1.29, 1.82) is 0 Å². The van der Waals surface area contributed by atoms with E-state index in [4.69, 9.17) is 22.1 Å². The smallest absolute Gasteiger partial charge is 0.410 e. The molecule has 2 N–H and O–H groups in total. The third-order valence-electron chi connectivity index (χ3n) is 5.76. The fraction of sp³-hybridized carbons (Fsp3) is 0.458. The van der Waals surface area contributed by atoms with Crippen LogP contribution in [0.2, 0.25) is 5.15 Å². The zero-order valence-corrected chi connectivity index (χ0v) is 20.4. The lowest BCUT2D eigenvalue weighted by Gasteiger charge is -2.35. The number of nitrogens with two attached hydrogens (primary N) is 1. The van der Waals surface area contributed by atoms with Crippen LogP contribution in [0.5, 0.6) is 0 Å². The molecule has 0 aliphatic carbocycles. The first kappa shape index (κ1) is 23.3. The van der Waals surface area contributed by atoms with Crippen LogP contribution < -0.4 is 5.73 Å². The van der Waals surface area contributed by atoms with Crippen LogP contribution in [0, 0.1) is 6.92 Å². The molecule has 1 aromatic carbocycles. The van der Waals surface area contributed by atoms with Crippen LogP contribution in [0.1, 0.15) is 37.5 Å². The summed E-state index contributed by atoms with van der Waals surface area (Å²) in [5, 5.41) is 0.363. The van der Waals surface area contributed by atoms with Crippen molar-refractivity contribution in [1.82, 2.24) is 24.3 Å². The van der Waals surface area contributed by atoms with Crippen LogP contribution in [-0.4, -0.2) is 62.2 Å². The van der Waals surface area contributed by atoms with Gasteiger partial charge in [0.2, 0.25) is 5.95 Å². The van der Waals surface area contributed by atoms with E-state index in [1.807, 2.05) is 33.0 Å². The number of hydrogen-bond donors (Lipinski definition) is 1. The number of aryl methyl sites for hydroxylation is 1. The molecule has 3 aromatic rings. The second-order valence-electron chi connectivity index (χ2n) is 9.55. The Bertz CT molecular complexity index is 1160. The van der Waals surface area contributed by atoms with Crippen LogP contribution in [0.4, 0.5) is 10.7 Å². The van der Waals surface area contributed by atoms with Gasteiger partial charge in [0.1, 0.15) is 11.1 Å². The van der Waals surface area contributed by atoms with Crippen molar-refractivity contribution in [3.05, 3.63) is 52.3 Å². The summed E-state index contributed by atoms with van der Waals surface area (Å²) in [5.41, 5.74) is 10.5. The number of nitrogens with zero attached hydrogens (tertiary/aromatic N) is 5. The van der Waals surface area contributed by atoms with Crippen molar-refractivity contribution < 1.29 is 9.53 Å². The fourth-order valence-electron chi connectivity index (χ4n) is 4.10. The van der Waals surface area contributed by atoms with Gasteiger partial charge in [0.05, 0.1) is 5.52 Å². The molecule has 1 amide bonds. The van der Waals surface area contributed by atoms with Crippen molar-refractivity contribution in [2.75, 3.05) is 31.9 Å². The lowest BCUT2D eigenvalue weighted by Crippen LogP contribution is -2.49. The number of hydrogen-bond acceptors (Lipinski definition) is 6. The normalized spacial score (nSPS) is 15.2. The highest BCUT2D eigenvalue weighted by molar-refractivity contribution is 6.33. The van der Waals surface area contributed by atoms with Crippen LogP contribution in [0.15, 0.2) is 30.5 Å². The van der Waals surface area contributed by atoms with Gasteiger partial charge in [0.25, 0.3) is 0 Å². The molecule has 0 bridgehead atoms. The summed E-state index contributed by atoms with van der Waals surface area (Å²) in [6.07, 6.45) is 1.73. The molecule has 0 saturated carbocycles. The number of halogens is 1. The molecule has 1 aliphatic rings. The molecule has 9 heteroatoms.